The maximum absolute atomic E-state index is 15.3. The van der Waals surface area contributed by atoms with Crippen molar-refractivity contribution in [3.8, 4) is 5.75 Å². The van der Waals surface area contributed by atoms with Crippen LogP contribution >= 0.6 is 0 Å². The SMILES string of the molecule is C[C@@H]1CC[C@H](C(=O)c2cc(C3CC3)c(OCC34CC5CC(CC(C5)C3)C4)cc2F)[C@H]1C(=O)O. The van der Waals surface area contributed by atoms with Gasteiger partial charge in [-0.1, -0.05) is 6.92 Å². The molecule has 4 nitrogen and oxygen atoms in total. The number of rotatable bonds is 7. The van der Waals surface area contributed by atoms with Crippen LogP contribution in [0.4, 0.5) is 4.39 Å². The molecule has 0 spiro atoms. The van der Waals surface area contributed by atoms with Crippen LogP contribution in [0, 0.1) is 46.7 Å². The Labute approximate surface area is 195 Å². The molecule has 4 bridgehead atoms. The van der Waals surface area contributed by atoms with Crippen molar-refractivity contribution in [1.29, 1.82) is 0 Å². The van der Waals surface area contributed by atoms with Gasteiger partial charge in [-0.25, -0.2) is 4.39 Å². The largest absolute Gasteiger partial charge is 0.493 e. The summed E-state index contributed by atoms with van der Waals surface area (Å²) in [6, 6.07) is 3.13. The standard InChI is InChI=1S/C28H35FO4/c1-15-2-5-20(25(15)27(31)32)26(30)22-9-21(19-3-4-19)24(10-23(22)29)33-14-28-11-16-6-17(12-28)8-18(7-16)13-28/h9-10,15-20,25H,2-8,11-14H2,1H3,(H,31,32)/t15-,16?,17?,18?,20+,25+,28?/m1/s1. The molecule has 178 valence electrons. The van der Waals surface area contributed by atoms with Gasteiger partial charge < -0.3 is 9.84 Å². The molecule has 6 aliphatic carbocycles. The maximum atomic E-state index is 15.3. The smallest absolute Gasteiger partial charge is 0.307 e. The molecule has 6 saturated carbocycles. The number of Topliss-reactive ketones (excluding diaryl/α,β-unsaturated/α-hetero) is 1. The highest BCUT2D eigenvalue weighted by atomic mass is 19.1. The highest BCUT2D eigenvalue weighted by molar-refractivity contribution is 6.00. The molecule has 0 aromatic heterocycles. The van der Waals surface area contributed by atoms with Crippen LogP contribution in [0.2, 0.25) is 0 Å². The minimum absolute atomic E-state index is 0.0596. The van der Waals surface area contributed by atoms with E-state index in [2.05, 4.69) is 0 Å². The monoisotopic (exact) mass is 454 g/mol. The van der Waals surface area contributed by atoms with Crippen molar-refractivity contribution in [2.75, 3.05) is 6.61 Å². The molecule has 7 rings (SSSR count). The fourth-order valence-corrected chi connectivity index (χ4v) is 8.40. The van der Waals surface area contributed by atoms with E-state index in [1.54, 1.807) is 6.07 Å². The molecule has 0 heterocycles. The van der Waals surface area contributed by atoms with Crippen molar-refractivity contribution in [2.45, 2.75) is 77.0 Å². The van der Waals surface area contributed by atoms with Crippen LogP contribution in [0.1, 0.15) is 93.0 Å². The first-order valence-corrected chi connectivity index (χ1v) is 13.0. The van der Waals surface area contributed by atoms with E-state index < -0.39 is 23.6 Å². The Morgan fingerprint density at radius 3 is 2.24 bits per heavy atom. The Hall–Kier alpha value is -1.91. The van der Waals surface area contributed by atoms with Crippen LogP contribution in [0.3, 0.4) is 0 Å². The molecular formula is C28H35FO4. The Morgan fingerprint density at radius 2 is 1.67 bits per heavy atom. The number of hydrogen-bond donors (Lipinski definition) is 1. The van der Waals surface area contributed by atoms with Crippen LogP contribution in [-0.2, 0) is 4.79 Å². The zero-order valence-electron chi connectivity index (χ0n) is 19.5. The molecule has 1 aromatic rings. The summed E-state index contributed by atoms with van der Waals surface area (Å²) >= 11 is 0. The van der Waals surface area contributed by atoms with Gasteiger partial charge in [0.25, 0.3) is 0 Å². The maximum Gasteiger partial charge on any atom is 0.307 e. The number of ketones is 1. The van der Waals surface area contributed by atoms with Crippen molar-refractivity contribution < 1.29 is 23.8 Å². The third-order valence-corrected chi connectivity index (χ3v) is 9.68. The number of carboxylic acid groups (broad SMARTS) is 1. The lowest BCUT2D eigenvalue weighted by molar-refractivity contribution is -0.143. The number of halogens is 1. The number of carbonyl (C=O) groups excluding carboxylic acids is 1. The lowest BCUT2D eigenvalue weighted by Gasteiger charge is -2.56. The molecule has 0 unspecified atom stereocenters. The van der Waals surface area contributed by atoms with Crippen LogP contribution in [0.15, 0.2) is 12.1 Å². The zero-order chi connectivity index (χ0) is 22.9. The van der Waals surface area contributed by atoms with Crippen LogP contribution in [-0.4, -0.2) is 23.5 Å². The van der Waals surface area contributed by atoms with Gasteiger partial charge in [0.15, 0.2) is 5.78 Å². The summed E-state index contributed by atoms with van der Waals surface area (Å²) in [5.41, 5.74) is 1.25. The van der Waals surface area contributed by atoms with Crippen molar-refractivity contribution >= 4 is 11.8 Å². The van der Waals surface area contributed by atoms with Crippen LogP contribution in [0.25, 0.3) is 0 Å². The van der Waals surface area contributed by atoms with Gasteiger partial charge in [-0.2, -0.15) is 0 Å². The van der Waals surface area contributed by atoms with Gasteiger partial charge in [-0.05, 0) is 105 Å². The second-order valence-electron chi connectivity index (χ2n) is 12.2. The van der Waals surface area contributed by atoms with E-state index in [0.29, 0.717) is 31.1 Å². The van der Waals surface area contributed by atoms with Crippen molar-refractivity contribution in [1.82, 2.24) is 0 Å². The average Bonchev–Trinajstić information content (AvgIpc) is 3.51. The summed E-state index contributed by atoms with van der Waals surface area (Å²) in [7, 11) is 0. The first-order valence-electron chi connectivity index (χ1n) is 13.0. The lowest BCUT2D eigenvalue weighted by atomic mass is 9.50. The molecule has 0 amide bonds. The second kappa shape index (κ2) is 7.81. The summed E-state index contributed by atoms with van der Waals surface area (Å²) in [5, 5.41) is 9.64. The van der Waals surface area contributed by atoms with E-state index in [1.807, 2.05) is 6.92 Å². The van der Waals surface area contributed by atoms with E-state index in [-0.39, 0.29) is 22.7 Å². The minimum Gasteiger partial charge on any atom is -0.493 e. The Morgan fingerprint density at radius 1 is 1.03 bits per heavy atom. The van der Waals surface area contributed by atoms with Gasteiger partial charge in [-0.3, -0.25) is 9.59 Å². The molecule has 0 aliphatic heterocycles. The highest BCUT2D eigenvalue weighted by Crippen LogP contribution is 2.60. The molecular weight excluding hydrogens is 419 g/mol. The molecule has 0 saturated heterocycles. The molecule has 0 radical (unpaired) electrons. The van der Waals surface area contributed by atoms with Gasteiger partial charge >= 0.3 is 5.97 Å². The molecule has 33 heavy (non-hydrogen) atoms. The number of hydrogen-bond acceptors (Lipinski definition) is 3. The predicted octanol–water partition coefficient (Wildman–Crippen LogP) is 6.23. The fraction of sp³-hybridized carbons (Fsp3) is 0.714. The van der Waals surface area contributed by atoms with E-state index in [0.717, 1.165) is 36.2 Å². The number of ether oxygens (including phenoxy) is 1. The molecule has 5 heteroatoms. The average molecular weight is 455 g/mol. The Balaban J connectivity index is 1.24. The van der Waals surface area contributed by atoms with Gasteiger partial charge in [0.05, 0.1) is 18.1 Å². The molecule has 6 fully saturated rings. The number of carbonyl (C=O) groups is 2. The quantitative estimate of drug-likeness (QED) is 0.496. The second-order valence-corrected chi connectivity index (χ2v) is 12.2. The van der Waals surface area contributed by atoms with Gasteiger partial charge in [0.1, 0.15) is 11.6 Å². The van der Waals surface area contributed by atoms with E-state index in [9.17, 15) is 14.7 Å². The summed E-state index contributed by atoms with van der Waals surface area (Å²) in [6.07, 6.45) is 11.2. The lowest BCUT2D eigenvalue weighted by Crippen LogP contribution is -2.48. The van der Waals surface area contributed by atoms with Gasteiger partial charge in [0, 0.05) is 17.4 Å². The molecule has 6 aliphatic rings. The fourth-order valence-electron chi connectivity index (χ4n) is 8.40. The summed E-state index contributed by atoms with van der Waals surface area (Å²) in [4.78, 5) is 25.0. The molecule has 3 atom stereocenters. The molecule has 1 aromatic carbocycles. The Kier molecular flexibility index (Phi) is 5.12. The summed E-state index contributed by atoms with van der Waals surface area (Å²) < 4.78 is 21.7. The van der Waals surface area contributed by atoms with Gasteiger partial charge in [-0.15, -0.1) is 0 Å². The minimum atomic E-state index is -0.947. The van der Waals surface area contributed by atoms with Crippen LogP contribution in [0.5, 0.6) is 5.75 Å². The normalized spacial score (nSPS) is 39.1. The molecule has 1 N–H and O–H groups in total. The van der Waals surface area contributed by atoms with E-state index in [1.165, 1.54) is 44.6 Å². The topological polar surface area (TPSA) is 63.6 Å². The summed E-state index contributed by atoms with van der Waals surface area (Å²) in [6.45, 7) is 2.53. The van der Waals surface area contributed by atoms with Gasteiger partial charge in [0.2, 0.25) is 0 Å². The first-order chi connectivity index (χ1) is 15.8. The third-order valence-electron chi connectivity index (χ3n) is 9.68. The van der Waals surface area contributed by atoms with Crippen LogP contribution < -0.4 is 4.74 Å². The van der Waals surface area contributed by atoms with E-state index >= 15 is 4.39 Å². The van der Waals surface area contributed by atoms with Crippen molar-refractivity contribution in [3.05, 3.63) is 29.1 Å². The Bertz CT molecular complexity index is 945. The van der Waals surface area contributed by atoms with E-state index in [4.69, 9.17) is 4.74 Å². The predicted molar refractivity (Wildman–Crippen MR) is 122 cm³/mol. The van der Waals surface area contributed by atoms with Crippen molar-refractivity contribution in [3.63, 3.8) is 0 Å². The zero-order valence-corrected chi connectivity index (χ0v) is 19.5. The first kappa shape index (κ1) is 21.6. The highest BCUT2D eigenvalue weighted by Gasteiger charge is 2.51. The third kappa shape index (κ3) is 3.80. The number of aliphatic carboxylic acids is 1. The van der Waals surface area contributed by atoms with Crippen molar-refractivity contribution in [2.24, 2.45) is 40.9 Å². The number of carboxylic acids is 1. The summed E-state index contributed by atoms with van der Waals surface area (Å²) in [5.74, 6) is 0.167. The number of benzene rings is 1.